The van der Waals surface area contributed by atoms with Gasteiger partial charge in [0, 0.05) is 50.5 Å². The topological polar surface area (TPSA) is 48.5 Å². The third-order valence-electron chi connectivity index (χ3n) is 4.13. The second kappa shape index (κ2) is 8.13. The lowest BCUT2D eigenvalue weighted by Crippen LogP contribution is -2.51. The maximum Gasteiger partial charge on any atom is 0.317 e. The number of carbonyl (C=O) groups excluding carboxylic acids is 1. The SMILES string of the molecule is O=C(NCc1ccc(Cl)cc1)N1CCN(Cc2ccccn2)CC1. The van der Waals surface area contributed by atoms with Gasteiger partial charge >= 0.3 is 6.03 Å². The quantitative estimate of drug-likeness (QED) is 0.927. The molecule has 24 heavy (non-hydrogen) atoms. The predicted octanol–water partition coefficient (Wildman–Crippen LogP) is 2.76. The number of hydrogen-bond donors (Lipinski definition) is 1. The van der Waals surface area contributed by atoms with E-state index in [0.717, 1.165) is 44.0 Å². The van der Waals surface area contributed by atoms with Gasteiger partial charge in [-0.3, -0.25) is 9.88 Å². The van der Waals surface area contributed by atoms with Crippen LogP contribution in [-0.2, 0) is 13.1 Å². The van der Waals surface area contributed by atoms with Crippen molar-refractivity contribution in [3.05, 3.63) is 64.9 Å². The van der Waals surface area contributed by atoms with Crippen LogP contribution in [0.1, 0.15) is 11.3 Å². The molecule has 1 aromatic carbocycles. The third kappa shape index (κ3) is 4.69. The van der Waals surface area contributed by atoms with Crippen LogP contribution in [0.5, 0.6) is 0 Å². The standard InChI is InChI=1S/C18H21ClN4O/c19-16-6-4-15(5-7-16)13-21-18(24)23-11-9-22(10-12-23)14-17-3-1-2-8-20-17/h1-8H,9-14H2,(H,21,24). The van der Waals surface area contributed by atoms with Crippen LogP contribution in [0.3, 0.4) is 0 Å². The van der Waals surface area contributed by atoms with Gasteiger partial charge in [-0.25, -0.2) is 4.79 Å². The number of halogens is 1. The monoisotopic (exact) mass is 344 g/mol. The van der Waals surface area contributed by atoms with E-state index in [1.807, 2.05) is 53.6 Å². The Labute approximate surface area is 147 Å². The molecule has 2 heterocycles. The van der Waals surface area contributed by atoms with Crippen LogP contribution in [0.4, 0.5) is 4.79 Å². The zero-order valence-electron chi connectivity index (χ0n) is 13.5. The summed E-state index contributed by atoms with van der Waals surface area (Å²) < 4.78 is 0. The molecule has 1 aromatic heterocycles. The van der Waals surface area contributed by atoms with Crippen LogP contribution < -0.4 is 5.32 Å². The molecule has 3 rings (SSSR count). The fourth-order valence-corrected chi connectivity index (χ4v) is 2.85. The molecule has 5 nitrogen and oxygen atoms in total. The molecule has 1 saturated heterocycles. The Balaban J connectivity index is 1.42. The summed E-state index contributed by atoms with van der Waals surface area (Å²) in [5, 5.41) is 3.67. The number of piperazine rings is 1. The molecule has 6 heteroatoms. The lowest BCUT2D eigenvalue weighted by Gasteiger charge is -2.34. The number of nitrogens with one attached hydrogen (secondary N) is 1. The molecule has 1 aliphatic heterocycles. The molecule has 2 amide bonds. The molecule has 0 radical (unpaired) electrons. The maximum atomic E-state index is 12.3. The van der Waals surface area contributed by atoms with E-state index in [2.05, 4.69) is 15.2 Å². The number of benzene rings is 1. The molecule has 1 aliphatic rings. The van der Waals surface area contributed by atoms with Gasteiger partial charge in [0.05, 0.1) is 5.69 Å². The summed E-state index contributed by atoms with van der Waals surface area (Å²) in [7, 11) is 0. The van der Waals surface area contributed by atoms with Crippen molar-refractivity contribution in [3.63, 3.8) is 0 Å². The molecule has 0 spiro atoms. The number of rotatable bonds is 4. The zero-order chi connectivity index (χ0) is 16.8. The first kappa shape index (κ1) is 16.7. The zero-order valence-corrected chi connectivity index (χ0v) is 14.2. The summed E-state index contributed by atoms with van der Waals surface area (Å²) >= 11 is 5.86. The Hall–Kier alpha value is -2.11. The van der Waals surface area contributed by atoms with Crippen molar-refractivity contribution < 1.29 is 4.79 Å². The van der Waals surface area contributed by atoms with Crippen LogP contribution in [0, 0.1) is 0 Å². The van der Waals surface area contributed by atoms with Crippen LogP contribution >= 0.6 is 11.6 Å². The van der Waals surface area contributed by atoms with Crippen molar-refractivity contribution in [3.8, 4) is 0 Å². The second-order valence-corrected chi connectivity index (χ2v) is 6.31. The van der Waals surface area contributed by atoms with Gasteiger partial charge in [0.1, 0.15) is 0 Å². The molecule has 0 atom stereocenters. The van der Waals surface area contributed by atoms with Gasteiger partial charge in [-0.2, -0.15) is 0 Å². The van der Waals surface area contributed by atoms with Gasteiger partial charge in [-0.15, -0.1) is 0 Å². The molecule has 1 fully saturated rings. The Morgan fingerprint density at radius 3 is 2.50 bits per heavy atom. The average molecular weight is 345 g/mol. The summed E-state index contributed by atoms with van der Waals surface area (Å²) in [4.78, 5) is 20.8. The number of amides is 2. The van der Waals surface area contributed by atoms with Gasteiger partial charge in [0.15, 0.2) is 0 Å². The van der Waals surface area contributed by atoms with E-state index in [-0.39, 0.29) is 6.03 Å². The normalized spacial score (nSPS) is 15.3. The summed E-state index contributed by atoms with van der Waals surface area (Å²) in [6.07, 6.45) is 1.82. The summed E-state index contributed by atoms with van der Waals surface area (Å²) in [5.41, 5.74) is 2.11. The Kier molecular flexibility index (Phi) is 5.67. The minimum Gasteiger partial charge on any atom is -0.334 e. The lowest BCUT2D eigenvalue weighted by atomic mass is 10.2. The first-order valence-corrected chi connectivity index (χ1v) is 8.48. The summed E-state index contributed by atoms with van der Waals surface area (Å²) in [6.45, 7) is 4.56. The fourth-order valence-electron chi connectivity index (χ4n) is 2.72. The van der Waals surface area contributed by atoms with Crippen molar-refractivity contribution in [2.75, 3.05) is 26.2 Å². The van der Waals surface area contributed by atoms with Gasteiger partial charge in [0.2, 0.25) is 0 Å². The van der Waals surface area contributed by atoms with Crippen molar-refractivity contribution in [2.24, 2.45) is 0 Å². The first-order valence-electron chi connectivity index (χ1n) is 8.10. The highest BCUT2D eigenvalue weighted by atomic mass is 35.5. The molecule has 1 N–H and O–H groups in total. The van der Waals surface area contributed by atoms with Crippen LogP contribution in [0.25, 0.3) is 0 Å². The van der Waals surface area contributed by atoms with Crippen molar-refractivity contribution in [2.45, 2.75) is 13.1 Å². The van der Waals surface area contributed by atoms with Gasteiger partial charge in [-0.05, 0) is 29.8 Å². The van der Waals surface area contributed by atoms with Gasteiger partial charge < -0.3 is 10.2 Å². The molecular formula is C18H21ClN4O. The van der Waals surface area contributed by atoms with Crippen molar-refractivity contribution in [1.82, 2.24) is 20.1 Å². The summed E-state index contributed by atoms with van der Waals surface area (Å²) in [6, 6.07) is 13.5. The van der Waals surface area contributed by atoms with E-state index in [1.165, 1.54) is 0 Å². The fraction of sp³-hybridized carbons (Fsp3) is 0.333. The number of pyridine rings is 1. The van der Waals surface area contributed by atoms with E-state index >= 15 is 0 Å². The Morgan fingerprint density at radius 1 is 1.08 bits per heavy atom. The van der Waals surface area contributed by atoms with Crippen LogP contribution in [0.15, 0.2) is 48.7 Å². The van der Waals surface area contributed by atoms with E-state index in [9.17, 15) is 4.79 Å². The minimum absolute atomic E-state index is 0.0116. The first-order chi connectivity index (χ1) is 11.7. The molecule has 126 valence electrons. The van der Waals surface area contributed by atoms with E-state index in [4.69, 9.17) is 11.6 Å². The Morgan fingerprint density at radius 2 is 1.83 bits per heavy atom. The number of carbonyl (C=O) groups is 1. The van der Waals surface area contributed by atoms with Gasteiger partial charge in [0.25, 0.3) is 0 Å². The number of hydrogen-bond acceptors (Lipinski definition) is 3. The lowest BCUT2D eigenvalue weighted by molar-refractivity contribution is 0.134. The summed E-state index contributed by atoms with van der Waals surface area (Å²) in [5.74, 6) is 0. The highest BCUT2D eigenvalue weighted by molar-refractivity contribution is 6.30. The van der Waals surface area contributed by atoms with Crippen molar-refractivity contribution in [1.29, 1.82) is 0 Å². The van der Waals surface area contributed by atoms with Gasteiger partial charge in [-0.1, -0.05) is 29.8 Å². The third-order valence-corrected chi connectivity index (χ3v) is 4.38. The average Bonchev–Trinajstić information content (AvgIpc) is 2.62. The number of nitrogens with zero attached hydrogens (tertiary/aromatic N) is 3. The largest absolute Gasteiger partial charge is 0.334 e. The highest BCUT2D eigenvalue weighted by Crippen LogP contribution is 2.10. The molecule has 0 unspecified atom stereocenters. The highest BCUT2D eigenvalue weighted by Gasteiger charge is 2.21. The van der Waals surface area contributed by atoms with Crippen LogP contribution in [-0.4, -0.2) is 47.0 Å². The second-order valence-electron chi connectivity index (χ2n) is 5.87. The molecule has 2 aromatic rings. The van der Waals surface area contributed by atoms with E-state index < -0.39 is 0 Å². The molecule has 0 saturated carbocycles. The predicted molar refractivity (Wildman–Crippen MR) is 94.8 cm³/mol. The van der Waals surface area contributed by atoms with Crippen LogP contribution in [0.2, 0.25) is 5.02 Å². The minimum atomic E-state index is -0.0116. The maximum absolute atomic E-state index is 12.3. The van der Waals surface area contributed by atoms with E-state index in [0.29, 0.717) is 11.6 Å². The molecule has 0 bridgehead atoms. The smallest absolute Gasteiger partial charge is 0.317 e. The molecular weight excluding hydrogens is 324 g/mol. The number of aromatic nitrogens is 1. The number of urea groups is 1. The van der Waals surface area contributed by atoms with Crippen molar-refractivity contribution >= 4 is 17.6 Å². The van der Waals surface area contributed by atoms with E-state index in [1.54, 1.807) is 0 Å². The Bertz CT molecular complexity index is 654. The molecule has 0 aliphatic carbocycles.